The Bertz CT molecular complexity index is 326. The summed E-state index contributed by atoms with van der Waals surface area (Å²) in [4.78, 5) is 23.4. The molecule has 0 aliphatic rings. The van der Waals surface area contributed by atoms with Gasteiger partial charge in [-0.2, -0.15) is 12.6 Å². The van der Waals surface area contributed by atoms with Crippen LogP contribution in [0.25, 0.3) is 0 Å². The van der Waals surface area contributed by atoms with Gasteiger partial charge < -0.3 is 20.1 Å². The van der Waals surface area contributed by atoms with Crippen LogP contribution >= 0.6 is 24.3 Å². The van der Waals surface area contributed by atoms with Crippen LogP contribution in [0.1, 0.15) is 0 Å². The first-order chi connectivity index (χ1) is 9.08. The number of nitrogens with one attached hydrogen (secondary N) is 4. The maximum atomic E-state index is 11.5. The van der Waals surface area contributed by atoms with Gasteiger partial charge in [0.15, 0.2) is 0 Å². The topological polar surface area (TPSA) is 91.5 Å². The zero-order chi connectivity index (χ0) is 14.7. The van der Waals surface area contributed by atoms with Crippen LogP contribution in [-0.2, 0) is 13.8 Å². The predicted octanol–water partition coefficient (Wildman–Crippen LogP) is -1.89. The highest BCUT2D eigenvalue weighted by Gasteiger charge is 2.16. The number of carbonyl (C=O) groups excluding carboxylic acids is 2. The van der Waals surface area contributed by atoms with Crippen molar-refractivity contribution in [3.8, 4) is 0 Å². The largest absolute Gasteiger partial charge is 0.358 e. The molecular formula is C10H22N4O3S2. The third-order valence-corrected chi connectivity index (χ3v) is 3.30. The molecule has 0 aliphatic heterocycles. The first kappa shape index (κ1) is 18.4. The maximum Gasteiger partial charge on any atom is 0.234 e. The van der Waals surface area contributed by atoms with Gasteiger partial charge in [-0.1, -0.05) is 11.6 Å². The van der Waals surface area contributed by atoms with Crippen molar-refractivity contribution in [2.75, 3.05) is 40.0 Å². The Kier molecular flexibility index (Phi) is 10.9. The van der Waals surface area contributed by atoms with E-state index in [1.54, 1.807) is 14.1 Å². The average Bonchev–Trinajstić information content (AvgIpc) is 2.40. The van der Waals surface area contributed by atoms with Crippen LogP contribution in [0.3, 0.4) is 0 Å². The molecule has 0 aromatic rings. The Balaban J connectivity index is 4.58. The summed E-state index contributed by atoms with van der Waals surface area (Å²) in [5.74, 6) is 0.109. The zero-order valence-electron chi connectivity index (χ0n) is 11.3. The van der Waals surface area contributed by atoms with Crippen molar-refractivity contribution in [3.63, 3.8) is 0 Å². The summed E-state index contributed by atoms with van der Waals surface area (Å²) in [6.07, 6.45) is 0. The van der Waals surface area contributed by atoms with Gasteiger partial charge in [0.1, 0.15) is 0 Å². The lowest BCUT2D eigenvalue weighted by Crippen LogP contribution is -2.50. The van der Waals surface area contributed by atoms with Crippen molar-refractivity contribution in [1.82, 2.24) is 21.3 Å². The highest BCUT2D eigenvalue weighted by Crippen LogP contribution is 1.98. The number of thiol groups is 2. The monoisotopic (exact) mass is 310 g/mol. The second-order valence-corrected chi connectivity index (χ2v) is 4.91. The smallest absolute Gasteiger partial charge is 0.234 e. The molecule has 19 heavy (non-hydrogen) atoms. The van der Waals surface area contributed by atoms with E-state index in [-0.39, 0.29) is 30.9 Å². The van der Waals surface area contributed by atoms with Gasteiger partial charge in [0, 0.05) is 19.9 Å². The standard InChI is InChI=1S/C10H22N4O3S2/c1-11-4-9(16)14-7(6-18)10(19-17-3)13-5-8(15)12-2/h7,11,13,18-19H,4-6H2,1-3H3,(H,12,15)(H,14,16). The molecule has 0 aliphatic carbocycles. The summed E-state index contributed by atoms with van der Waals surface area (Å²) in [6, 6.07) is -0.310. The SMILES string of the molecule is CNCC(=O)NC(CS)C(NCC(=O)NC)=[SH]OC. The Morgan fingerprint density at radius 3 is 2.42 bits per heavy atom. The molecule has 1 atom stereocenters. The van der Waals surface area contributed by atoms with Gasteiger partial charge in [-0.3, -0.25) is 14.9 Å². The van der Waals surface area contributed by atoms with Crippen LogP contribution in [0.15, 0.2) is 0 Å². The van der Waals surface area contributed by atoms with Crippen LogP contribution in [0, 0.1) is 0 Å². The molecule has 0 saturated heterocycles. The highest BCUT2D eigenvalue weighted by atomic mass is 32.2. The summed E-state index contributed by atoms with van der Waals surface area (Å²) < 4.78 is 5.03. The number of rotatable bonds is 8. The Morgan fingerprint density at radius 2 is 1.95 bits per heavy atom. The molecule has 1 unspecified atom stereocenters. The van der Waals surface area contributed by atoms with Crippen LogP contribution in [0.4, 0.5) is 0 Å². The molecule has 9 heteroatoms. The van der Waals surface area contributed by atoms with Gasteiger partial charge in [0.05, 0.1) is 24.1 Å². The molecule has 0 rings (SSSR count). The quantitative estimate of drug-likeness (QED) is 0.233. The van der Waals surface area contributed by atoms with Crippen LogP contribution < -0.4 is 21.3 Å². The molecule has 0 bridgehead atoms. The number of hydrogen-bond acceptors (Lipinski definition) is 5. The van der Waals surface area contributed by atoms with E-state index in [4.69, 9.17) is 4.18 Å². The Morgan fingerprint density at radius 1 is 1.26 bits per heavy atom. The molecule has 0 fully saturated rings. The molecule has 0 saturated carbocycles. The highest BCUT2D eigenvalue weighted by molar-refractivity contribution is 7.94. The first-order valence-electron chi connectivity index (χ1n) is 5.69. The van der Waals surface area contributed by atoms with Crippen LogP contribution in [-0.4, -0.2) is 62.9 Å². The molecule has 0 heterocycles. The van der Waals surface area contributed by atoms with Crippen LogP contribution in [0.2, 0.25) is 0 Å². The fourth-order valence-corrected chi connectivity index (χ4v) is 2.22. The van der Waals surface area contributed by atoms with E-state index in [0.717, 1.165) is 0 Å². The van der Waals surface area contributed by atoms with Crippen molar-refractivity contribution in [3.05, 3.63) is 0 Å². The van der Waals surface area contributed by atoms with E-state index in [2.05, 4.69) is 33.9 Å². The minimum absolute atomic E-state index is 0.119. The van der Waals surface area contributed by atoms with Crippen molar-refractivity contribution < 1.29 is 13.8 Å². The van der Waals surface area contributed by atoms with Crippen molar-refractivity contribution in [1.29, 1.82) is 0 Å². The summed E-state index contributed by atoms with van der Waals surface area (Å²) >= 11 is 4.75. The fourth-order valence-electron chi connectivity index (χ4n) is 1.18. The first-order valence-corrected chi connectivity index (χ1v) is 7.13. The predicted molar refractivity (Wildman–Crippen MR) is 82.8 cm³/mol. The van der Waals surface area contributed by atoms with Gasteiger partial charge in [0.2, 0.25) is 11.8 Å². The van der Waals surface area contributed by atoms with E-state index in [1.807, 2.05) is 0 Å². The molecule has 0 aromatic heterocycles. The van der Waals surface area contributed by atoms with Gasteiger partial charge >= 0.3 is 0 Å². The van der Waals surface area contributed by atoms with Gasteiger partial charge in [-0.15, -0.1) is 0 Å². The third-order valence-electron chi connectivity index (χ3n) is 2.08. The van der Waals surface area contributed by atoms with Gasteiger partial charge in [0.25, 0.3) is 0 Å². The molecule has 4 N–H and O–H groups in total. The lowest BCUT2D eigenvalue weighted by molar-refractivity contribution is -0.120. The molecule has 2 amide bonds. The third kappa shape index (κ3) is 8.22. The van der Waals surface area contributed by atoms with E-state index in [0.29, 0.717) is 22.4 Å². The second kappa shape index (κ2) is 11.2. The summed E-state index contributed by atoms with van der Waals surface area (Å²) in [5, 5.41) is 11.0. The lowest BCUT2D eigenvalue weighted by atomic mass is 10.3. The molecule has 0 aromatic carbocycles. The summed E-state index contributed by atoms with van der Waals surface area (Å²) in [5.41, 5.74) is 0. The normalized spacial score (nSPS) is 13.4. The van der Waals surface area contributed by atoms with Crippen LogP contribution in [0.5, 0.6) is 0 Å². The molecule has 0 radical (unpaired) electrons. The van der Waals surface area contributed by atoms with E-state index in [9.17, 15) is 9.59 Å². The number of hydrogen-bond donors (Lipinski definition) is 6. The Labute approximate surface area is 122 Å². The Hall–Kier alpha value is -0.610. The number of likely N-dealkylation sites (N-methyl/N-ethyl adjacent to an activating group) is 2. The lowest BCUT2D eigenvalue weighted by Gasteiger charge is -2.20. The summed E-state index contributed by atoms with van der Waals surface area (Å²) in [6.45, 7) is 0.339. The van der Waals surface area contributed by atoms with Gasteiger partial charge in [-0.25, -0.2) is 0 Å². The molecule has 112 valence electrons. The maximum absolute atomic E-state index is 11.5. The van der Waals surface area contributed by atoms with Crippen molar-refractivity contribution in [2.24, 2.45) is 0 Å². The van der Waals surface area contributed by atoms with E-state index in [1.165, 1.54) is 7.11 Å². The van der Waals surface area contributed by atoms with Gasteiger partial charge in [-0.05, 0) is 7.05 Å². The van der Waals surface area contributed by atoms with Crippen molar-refractivity contribution in [2.45, 2.75) is 6.04 Å². The fraction of sp³-hybridized carbons (Fsp3) is 0.700. The minimum Gasteiger partial charge on any atom is -0.358 e. The molecule has 0 spiro atoms. The van der Waals surface area contributed by atoms with Crippen molar-refractivity contribution >= 4 is 41.1 Å². The summed E-state index contributed by atoms with van der Waals surface area (Å²) in [7, 11) is 4.79. The number of carbonyl (C=O) groups is 2. The molecule has 7 nitrogen and oxygen atoms in total. The number of amides is 2. The van der Waals surface area contributed by atoms with E-state index < -0.39 is 0 Å². The second-order valence-electron chi connectivity index (χ2n) is 3.52. The minimum atomic E-state index is -0.310. The molecular weight excluding hydrogens is 288 g/mol. The average molecular weight is 310 g/mol. The van der Waals surface area contributed by atoms with E-state index >= 15 is 0 Å². The zero-order valence-corrected chi connectivity index (χ0v) is 13.1.